The zero-order valence-corrected chi connectivity index (χ0v) is 15.8. The first-order valence-corrected chi connectivity index (χ1v) is 9.20. The highest BCUT2D eigenvalue weighted by molar-refractivity contribution is 5.90. The molecule has 0 unspecified atom stereocenters. The van der Waals surface area contributed by atoms with Crippen molar-refractivity contribution in [3.63, 3.8) is 0 Å². The van der Waals surface area contributed by atoms with Crippen LogP contribution in [0.15, 0.2) is 48.5 Å². The third-order valence-corrected chi connectivity index (χ3v) is 4.25. The fourth-order valence-electron chi connectivity index (χ4n) is 2.86. The van der Waals surface area contributed by atoms with Gasteiger partial charge in [0, 0.05) is 25.0 Å². The highest BCUT2D eigenvalue weighted by Crippen LogP contribution is 2.29. The Hall–Kier alpha value is -3.56. The van der Waals surface area contributed by atoms with E-state index < -0.39 is 17.8 Å². The summed E-state index contributed by atoms with van der Waals surface area (Å²) in [6.07, 6.45) is -5.12. The van der Waals surface area contributed by atoms with Crippen molar-refractivity contribution < 1.29 is 23.1 Å². The van der Waals surface area contributed by atoms with E-state index >= 15 is 0 Å². The monoisotopic (exact) mass is 419 g/mol. The number of alkyl halides is 3. The molecule has 158 valence electrons. The maximum Gasteiger partial charge on any atom is 0.416 e. The molecule has 0 saturated heterocycles. The normalized spacial score (nSPS) is 11.3. The number of carboxylic acid groups (broad SMARTS) is 1. The topological polar surface area (TPSA) is 99.2 Å². The number of fused-ring (bicyclic) bond motifs is 1. The summed E-state index contributed by atoms with van der Waals surface area (Å²) in [5.74, 6) is 0.865. The first kappa shape index (κ1) is 21.2. The molecule has 0 bridgehead atoms. The summed E-state index contributed by atoms with van der Waals surface area (Å²) in [4.78, 5) is 19.4. The summed E-state index contributed by atoms with van der Waals surface area (Å²) < 4.78 is 38.5. The molecule has 0 fully saturated rings. The number of hydrogen-bond donors (Lipinski definition) is 4. The van der Waals surface area contributed by atoms with Gasteiger partial charge in [-0.1, -0.05) is 30.3 Å². The highest BCUT2D eigenvalue weighted by Gasteiger charge is 2.30. The fourth-order valence-corrected chi connectivity index (χ4v) is 2.86. The zero-order valence-electron chi connectivity index (χ0n) is 15.8. The van der Waals surface area contributed by atoms with Crippen molar-refractivity contribution in [2.24, 2.45) is 0 Å². The predicted octanol–water partition coefficient (Wildman–Crippen LogP) is 3.98. The van der Waals surface area contributed by atoms with Crippen LogP contribution in [-0.2, 0) is 12.6 Å². The molecule has 3 aromatic rings. The van der Waals surface area contributed by atoms with Crippen molar-refractivity contribution in [2.45, 2.75) is 12.6 Å². The van der Waals surface area contributed by atoms with Crippen LogP contribution < -0.4 is 16.0 Å². The smallest absolute Gasteiger partial charge is 0.416 e. The first-order valence-electron chi connectivity index (χ1n) is 9.20. The standard InChI is InChI=1S/C20H20F3N5O2/c21-20(22,23)14-5-3-4-13(12-14)8-9-25-18-27-16-7-2-1-6-15(16)17(28-18)24-10-11-26-19(29)30/h1-7,12,26H,8-11H2,(H,29,30)(H2,24,25,27,28). The second kappa shape index (κ2) is 9.29. The van der Waals surface area contributed by atoms with Gasteiger partial charge in [-0.15, -0.1) is 0 Å². The van der Waals surface area contributed by atoms with E-state index in [2.05, 4.69) is 25.9 Å². The van der Waals surface area contributed by atoms with Crippen molar-refractivity contribution in [3.8, 4) is 0 Å². The summed E-state index contributed by atoms with van der Waals surface area (Å²) >= 11 is 0. The molecule has 7 nitrogen and oxygen atoms in total. The second-order valence-corrected chi connectivity index (χ2v) is 6.45. The molecule has 30 heavy (non-hydrogen) atoms. The fraction of sp³-hybridized carbons (Fsp3) is 0.250. The van der Waals surface area contributed by atoms with Gasteiger partial charge in [0.2, 0.25) is 5.95 Å². The lowest BCUT2D eigenvalue weighted by atomic mass is 10.1. The third kappa shape index (κ3) is 5.72. The molecule has 4 N–H and O–H groups in total. The summed E-state index contributed by atoms with van der Waals surface area (Å²) in [6.45, 7) is 0.878. The Morgan fingerprint density at radius 2 is 1.77 bits per heavy atom. The van der Waals surface area contributed by atoms with E-state index in [-0.39, 0.29) is 6.54 Å². The van der Waals surface area contributed by atoms with Gasteiger partial charge >= 0.3 is 12.3 Å². The van der Waals surface area contributed by atoms with Crippen molar-refractivity contribution in [3.05, 3.63) is 59.7 Å². The second-order valence-electron chi connectivity index (χ2n) is 6.45. The number of rotatable bonds is 8. The molecule has 1 heterocycles. The van der Waals surface area contributed by atoms with Crippen LogP contribution in [0, 0.1) is 0 Å². The number of amides is 1. The van der Waals surface area contributed by atoms with Gasteiger partial charge in [-0.25, -0.2) is 9.78 Å². The van der Waals surface area contributed by atoms with E-state index in [1.807, 2.05) is 24.3 Å². The molecule has 0 aliphatic heterocycles. The van der Waals surface area contributed by atoms with Gasteiger partial charge in [-0.3, -0.25) is 0 Å². The van der Waals surface area contributed by atoms with Crippen LogP contribution in [0.3, 0.4) is 0 Å². The number of nitrogens with one attached hydrogen (secondary N) is 3. The van der Waals surface area contributed by atoms with Gasteiger partial charge in [0.25, 0.3) is 0 Å². The predicted molar refractivity (Wildman–Crippen MR) is 108 cm³/mol. The quantitative estimate of drug-likeness (QED) is 0.412. The van der Waals surface area contributed by atoms with Crippen molar-refractivity contribution >= 4 is 28.8 Å². The van der Waals surface area contributed by atoms with Crippen LogP contribution in [-0.4, -0.2) is 40.8 Å². The Kier molecular flexibility index (Phi) is 6.55. The Morgan fingerprint density at radius 3 is 2.53 bits per heavy atom. The Morgan fingerprint density at radius 1 is 0.967 bits per heavy atom. The minimum Gasteiger partial charge on any atom is -0.465 e. The SMILES string of the molecule is O=C(O)NCCNc1nc(NCCc2cccc(C(F)(F)F)c2)nc2ccccc12. The number of nitrogens with zero attached hydrogens (tertiary/aromatic N) is 2. The largest absolute Gasteiger partial charge is 0.465 e. The summed E-state index contributed by atoms with van der Waals surface area (Å²) in [5.41, 5.74) is 0.558. The number of halogens is 3. The van der Waals surface area contributed by atoms with E-state index in [1.165, 1.54) is 6.07 Å². The summed E-state index contributed by atoms with van der Waals surface area (Å²) in [7, 11) is 0. The number of aromatic nitrogens is 2. The average Bonchev–Trinajstić information content (AvgIpc) is 2.70. The van der Waals surface area contributed by atoms with Crippen LogP contribution >= 0.6 is 0 Å². The lowest BCUT2D eigenvalue weighted by Gasteiger charge is -2.12. The van der Waals surface area contributed by atoms with Gasteiger partial charge in [0.15, 0.2) is 0 Å². The Bertz CT molecular complexity index is 1030. The number of para-hydroxylation sites is 1. The van der Waals surface area contributed by atoms with Crippen molar-refractivity contribution in [1.29, 1.82) is 0 Å². The molecule has 1 amide bonds. The molecule has 0 spiro atoms. The highest BCUT2D eigenvalue weighted by atomic mass is 19.4. The number of carbonyl (C=O) groups is 1. The molecular formula is C20H20F3N5O2. The van der Waals surface area contributed by atoms with Gasteiger partial charge in [-0.05, 0) is 30.2 Å². The molecule has 10 heteroatoms. The van der Waals surface area contributed by atoms with E-state index in [4.69, 9.17) is 5.11 Å². The van der Waals surface area contributed by atoms with Gasteiger partial charge < -0.3 is 21.1 Å². The molecule has 2 aromatic carbocycles. The molecule has 0 aliphatic rings. The van der Waals surface area contributed by atoms with Gasteiger partial charge in [-0.2, -0.15) is 18.2 Å². The molecule has 1 aromatic heterocycles. The summed E-state index contributed by atoms with van der Waals surface area (Å²) in [5, 5.41) is 17.8. The van der Waals surface area contributed by atoms with E-state index in [9.17, 15) is 18.0 Å². The molecule has 3 rings (SSSR count). The van der Waals surface area contributed by atoms with E-state index in [1.54, 1.807) is 6.07 Å². The Balaban J connectivity index is 1.68. The molecule has 0 radical (unpaired) electrons. The van der Waals surface area contributed by atoms with E-state index in [0.29, 0.717) is 42.4 Å². The molecule has 0 saturated carbocycles. The van der Waals surface area contributed by atoms with Crippen LogP contribution in [0.2, 0.25) is 0 Å². The minimum atomic E-state index is -4.37. The van der Waals surface area contributed by atoms with Gasteiger partial charge in [0.05, 0.1) is 11.1 Å². The van der Waals surface area contributed by atoms with E-state index in [0.717, 1.165) is 17.5 Å². The molecule has 0 aliphatic carbocycles. The third-order valence-electron chi connectivity index (χ3n) is 4.25. The first-order chi connectivity index (χ1) is 14.3. The van der Waals surface area contributed by atoms with Crippen LogP contribution in [0.1, 0.15) is 11.1 Å². The maximum atomic E-state index is 12.8. The number of hydrogen-bond acceptors (Lipinski definition) is 5. The van der Waals surface area contributed by atoms with Crippen LogP contribution in [0.4, 0.5) is 29.7 Å². The average molecular weight is 419 g/mol. The van der Waals surface area contributed by atoms with Crippen molar-refractivity contribution in [2.75, 3.05) is 30.3 Å². The van der Waals surface area contributed by atoms with Crippen LogP contribution in [0.25, 0.3) is 10.9 Å². The molecule has 0 atom stereocenters. The summed E-state index contributed by atoms with van der Waals surface area (Å²) in [6, 6.07) is 12.5. The van der Waals surface area contributed by atoms with Gasteiger partial charge in [0.1, 0.15) is 5.82 Å². The zero-order chi connectivity index (χ0) is 21.6. The number of benzene rings is 2. The lowest BCUT2D eigenvalue weighted by Crippen LogP contribution is -2.27. The van der Waals surface area contributed by atoms with Crippen molar-refractivity contribution in [1.82, 2.24) is 15.3 Å². The van der Waals surface area contributed by atoms with Crippen LogP contribution in [0.5, 0.6) is 0 Å². The maximum absolute atomic E-state index is 12.8. The number of anilines is 2. The minimum absolute atomic E-state index is 0.200. The Labute approximate surface area is 170 Å². The molecular weight excluding hydrogens is 399 g/mol. The lowest BCUT2D eigenvalue weighted by molar-refractivity contribution is -0.137.